The predicted octanol–water partition coefficient (Wildman–Crippen LogP) is -0.453. The van der Waals surface area contributed by atoms with Gasteiger partial charge in [-0.2, -0.15) is 5.10 Å². The van der Waals surface area contributed by atoms with Gasteiger partial charge in [0.25, 0.3) is 0 Å². The summed E-state index contributed by atoms with van der Waals surface area (Å²) in [7, 11) is -3.47. The van der Waals surface area contributed by atoms with E-state index in [1.807, 2.05) is 6.92 Å². The highest BCUT2D eigenvalue weighted by Crippen LogP contribution is 2.06. The smallest absolute Gasteiger partial charge is 0.243 e. The summed E-state index contributed by atoms with van der Waals surface area (Å²) in [6.45, 7) is 4.35. The molecule has 104 valence electrons. The van der Waals surface area contributed by atoms with E-state index in [1.54, 1.807) is 0 Å². The van der Waals surface area contributed by atoms with Crippen molar-refractivity contribution < 1.29 is 13.2 Å². The fraction of sp³-hybridized carbons (Fsp3) is 0.700. The number of aromatic nitrogens is 2. The number of sulfonamides is 1. The lowest BCUT2D eigenvalue weighted by Gasteiger charge is -2.04. The molecule has 0 unspecified atom stereocenters. The van der Waals surface area contributed by atoms with Crippen LogP contribution in [-0.2, 0) is 21.3 Å². The summed E-state index contributed by atoms with van der Waals surface area (Å²) in [6.07, 6.45) is 3.43. The summed E-state index contributed by atoms with van der Waals surface area (Å²) in [5, 5.41) is 3.92. The second kappa shape index (κ2) is 7.47. The minimum atomic E-state index is -3.47. The highest BCUT2D eigenvalue weighted by atomic mass is 32.2. The Hall–Kier alpha value is -0.960. The van der Waals surface area contributed by atoms with E-state index < -0.39 is 10.0 Å². The van der Waals surface area contributed by atoms with E-state index in [0.29, 0.717) is 39.3 Å². The normalized spacial score (nSPS) is 11.9. The third-order valence-corrected chi connectivity index (χ3v) is 3.66. The van der Waals surface area contributed by atoms with Crippen LogP contribution in [-0.4, -0.2) is 44.5 Å². The molecule has 18 heavy (non-hydrogen) atoms. The summed E-state index contributed by atoms with van der Waals surface area (Å²) in [4.78, 5) is 0.160. The molecule has 8 heteroatoms. The third kappa shape index (κ3) is 4.73. The number of nitrogens with zero attached hydrogens (tertiary/aromatic N) is 2. The van der Waals surface area contributed by atoms with Gasteiger partial charge in [-0.25, -0.2) is 13.1 Å². The second-order valence-electron chi connectivity index (χ2n) is 3.68. The van der Waals surface area contributed by atoms with Crippen LogP contribution in [0.1, 0.15) is 13.3 Å². The third-order valence-electron chi connectivity index (χ3n) is 2.24. The first-order chi connectivity index (χ1) is 8.60. The summed E-state index contributed by atoms with van der Waals surface area (Å²) in [5.41, 5.74) is 5.37. The number of hydrogen-bond donors (Lipinski definition) is 2. The topological polar surface area (TPSA) is 99.2 Å². The van der Waals surface area contributed by atoms with Crippen LogP contribution in [0.3, 0.4) is 0 Å². The van der Waals surface area contributed by atoms with Gasteiger partial charge in [0.2, 0.25) is 10.0 Å². The van der Waals surface area contributed by atoms with Crippen molar-refractivity contribution in [3.05, 3.63) is 12.4 Å². The second-order valence-corrected chi connectivity index (χ2v) is 5.44. The molecule has 0 aliphatic heterocycles. The highest BCUT2D eigenvalue weighted by molar-refractivity contribution is 7.89. The molecule has 0 radical (unpaired) electrons. The standard InChI is InChI=1S/C10H20N4O3S/c1-2-17-7-3-5-13-18(15,16)10-8-12-14(9-10)6-4-11/h8-9,13H,2-7,11H2,1H3. The van der Waals surface area contributed by atoms with Crippen molar-refractivity contribution in [2.45, 2.75) is 24.8 Å². The first-order valence-corrected chi connectivity index (χ1v) is 7.38. The van der Waals surface area contributed by atoms with Crippen molar-refractivity contribution in [2.24, 2.45) is 5.73 Å². The average molecular weight is 276 g/mol. The van der Waals surface area contributed by atoms with E-state index in [4.69, 9.17) is 10.5 Å². The molecule has 0 aromatic carbocycles. The molecule has 0 saturated carbocycles. The lowest BCUT2D eigenvalue weighted by atomic mass is 10.5. The largest absolute Gasteiger partial charge is 0.382 e. The van der Waals surface area contributed by atoms with E-state index >= 15 is 0 Å². The fourth-order valence-electron chi connectivity index (χ4n) is 1.35. The van der Waals surface area contributed by atoms with Crippen LogP contribution >= 0.6 is 0 Å². The van der Waals surface area contributed by atoms with Gasteiger partial charge in [-0.05, 0) is 13.3 Å². The van der Waals surface area contributed by atoms with Gasteiger partial charge in [-0.15, -0.1) is 0 Å². The monoisotopic (exact) mass is 276 g/mol. The maximum Gasteiger partial charge on any atom is 0.243 e. The van der Waals surface area contributed by atoms with Crippen molar-refractivity contribution in [1.29, 1.82) is 0 Å². The highest BCUT2D eigenvalue weighted by Gasteiger charge is 2.15. The lowest BCUT2D eigenvalue weighted by Crippen LogP contribution is -2.25. The maximum absolute atomic E-state index is 11.8. The number of hydrogen-bond acceptors (Lipinski definition) is 5. The molecule has 1 aromatic rings. The Bertz CT molecular complexity index is 444. The van der Waals surface area contributed by atoms with Gasteiger partial charge < -0.3 is 10.5 Å². The van der Waals surface area contributed by atoms with Crippen molar-refractivity contribution in [3.8, 4) is 0 Å². The number of nitrogens with one attached hydrogen (secondary N) is 1. The molecule has 7 nitrogen and oxygen atoms in total. The Balaban J connectivity index is 2.46. The van der Waals surface area contributed by atoms with Crippen LogP contribution in [0.2, 0.25) is 0 Å². The first-order valence-electron chi connectivity index (χ1n) is 5.90. The molecule has 0 amide bonds. The van der Waals surface area contributed by atoms with Gasteiger partial charge in [0.15, 0.2) is 0 Å². The van der Waals surface area contributed by atoms with E-state index in [-0.39, 0.29) is 4.90 Å². The van der Waals surface area contributed by atoms with Gasteiger partial charge >= 0.3 is 0 Å². The lowest BCUT2D eigenvalue weighted by molar-refractivity contribution is 0.146. The summed E-state index contributed by atoms with van der Waals surface area (Å²) < 4.78 is 32.8. The van der Waals surface area contributed by atoms with Crippen LogP contribution in [0, 0.1) is 0 Å². The molecular formula is C10H20N4O3S. The average Bonchev–Trinajstić information content (AvgIpc) is 2.79. The number of rotatable bonds is 9. The maximum atomic E-state index is 11.8. The molecule has 0 fully saturated rings. The van der Waals surface area contributed by atoms with Crippen LogP contribution in [0.15, 0.2) is 17.3 Å². The number of ether oxygens (including phenoxy) is 1. The van der Waals surface area contributed by atoms with Gasteiger partial charge in [0, 0.05) is 32.5 Å². The summed E-state index contributed by atoms with van der Waals surface area (Å²) >= 11 is 0. The van der Waals surface area contributed by atoms with E-state index in [0.717, 1.165) is 0 Å². The molecule has 0 aliphatic carbocycles. The van der Waals surface area contributed by atoms with Crippen molar-refractivity contribution in [2.75, 3.05) is 26.3 Å². The van der Waals surface area contributed by atoms with E-state index in [1.165, 1.54) is 17.1 Å². The van der Waals surface area contributed by atoms with E-state index in [9.17, 15) is 8.42 Å². The van der Waals surface area contributed by atoms with Crippen molar-refractivity contribution in [1.82, 2.24) is 14.5 Å². The number of nitrogens with two attached hydrogens (primary N) is 1. The predicted molar refractivity (Wildman–Crippen MR) is 67.6 cm³/mol. The summed E-state index contributed by atoms with van der Waals surface area (Å²) in [5.74, 6) is 0. The molecule has 0 atom stereocenters. The fourth-order valence-corrected chi connectivity index (χ4v) is 2.37. The molecule has 0 aliphatic rings. The van der Waals surface area contributed by atoms with Crippen molar-refractivity contribution in [3.63, 3.8) is 0 Å². The van der Waals surface area contributed by atoms with Crippen LogP contribution < -0.4 is 10.5 Å². The Kier molecular flexibility index (Phi) is 6.27. The quantitative estimate of drug-likeness (QED) is 0.595. The molecule has 0 saturated heterocycles. The molecule has 1 rings (SSSR count). The van der Waals surface area contributed by atoms with Gasteiger partial charge in [0.05, 0.1) is 12.7 Å². The van der Waals surface area contributed by atoms with Crippen molar-refractivity contribution >= 4 is 10.0 Å². The molecule has 1 aromatic heterocycles. The van der Waals surface area contributed by atoms with Crippen LogP contribution in [0.25, 0.3) is 0 Å². The molecule has 0 spiro atoms. The van der Waals surface area contributed by atoms with Crippen LogP contribution in [0.5, 0.6) is 0 Å². The first kappa shape index (κ1) is 15.1. The molecule has 0 bridgehead atoms. The zero-order valence-electron chi connectivity index (χ0n) is 10.5. The molecule has 3 N–H and O–H groups in total. The SMILES string of the molecule is CCOCCCNS(=O)(=O)c1cnn(CCN)c1. The van der Waals surface area contributed by atoms with Gasteiger partial charge in [-0.1, -0.05) is 0 Å². The van der Waals surface area contributed by atoms with E-state index in [2.05, 4.69) is 9.82 Å². The zero-order chi connectivity index (χ0) is 13.4. The Morgan fingerprint density at radius 1 is 1.56 bits per heavy atom. The van der Waals surface area contributed by atoms with Crippen LogP contribution in [0.4, 0.5) is 0 Å². The summed E-state index contributed by atoms with van der Waals surface area (Å²) in [6, 6.07) is 0. The van der Waals surface area contributed by atoms with Gasteiger partial charge in [-0.3, -0.25) is 4.68 Å². The molecule has 1 heterocycles. The Morgan fingerprint density at radius 2 is 2.33 bits per heavy atom. The minimum absolute atomic E-state index is 0.160. The molecular weight excluding hydrogens is 256 g/mol. The Labute approximate surface area is 107 Å². The minimum Gasteiger partial charge on any atom is -0.382 e. The Morgan fingerprint density at radius 3 is 3.00 bits per heavy atom. The van der Waals surface area contributed by atoms with Gasteiger partial charge in [0.1, 0.15) is 4.90 Å². The zero-order valence-corrected chi connectivity index (χ0v) is 11.3.